The van der Waals surface area contributed by atoms with E-state index in [0.29, 0.717) is 38.1 Å². The van der Waals surface area contributed by atoms with Crippen molar-refractivity contribution in [2.75, 3.05) is 18.0 Å². The largest absolute Gasteiger partial charge is 0.436 e. The van der Waals surface area contributed by atoms with E-state index in [-0.39, 0.29) is 18.0 Å². The maximum atomic E-state index is 12.6. The van der Waals surface area contributed by atoms with E-state index in [1.807, 2.05) is 12.1 Å². The molecular weight excluding hydrogens is 359 g/mol. The highest BCUT2D eigenvalue weighted by molar-refractivity contribution is 5.79. The molecule has 0 bridgehead atoms. The zero-order valence-electron chi connectivity index (χ0n) is 14.6. The summed E-state index contributed by atoms with van der Waals surface area (Å²) in [5, 5.41) is 2.94. The Balaban J connectivity index is 1.28. The van der Waals surface area contributed by atoms with Crippen LogP contribution in [0.5, 0.6) is 0 Å². The fourth-order valence-corrected chi connectivity index (χ4v) is 3.38. The Morgan fingerprint density at radius 2 is 1.96 bits per heavy atom. The van der Waals surface area contributed by atoms with E-state index in [1.54, 1.807) is 4.90 Å². The highest BCUT2D eigenvalue weighted by atomic mass is 19.4. The van der Waals surface area contributed by atoms with Gasteiger partial charge in [-0.05, 0) is 36.3 Å². The standard InChI is InChI=1S/C19H20F3N3O2/c20-19(21,22)16-11-27-18(24-16)25-8-7-15(10-25)23-17(26)9-12-1-3-13(4-2-12)14-5-6-14/h1-4,11,14-15H,5-10H2,(H,23,26)/t15-/m1/s1. The van der Waals surface area contributed by atoms with Crippen LogP contribution in [0.3, 0.4) is 0 Å². The maximum absolute atomic E-state index is 12.6. The zero-order valence-corrected chi connectivity index (χ0v) is 14.6. The highest BCUT2D eigenvalue weighted by Crippen LogP contribution is 2.39. The minimum atomic E-state index is -4.52. The van der Waals surface area contributed by atoms with Crippen LogP contribution in [0.1, 0.15) is 42.0 Å². The number of hydrogen-bond acceptors (Lipinski definition) is 4. The molecule has 2 heterocycles. The summed E-state index contributed by atoms with van der Waals surface area (Å²) in [6, 6.07) is 7.94. The predicted molar refractivity (Wildman–Crippen MR) is 92.4 cm³/mol. The SMILES string of the molecule is O=C(Cc1ccc(C2CC2)cc1)N[C@@H]1CCN(c2nc(C(F)(F)F)co2)C1. The number of halogens is 3. The molecule has 0 radical (unpaired) electrons. The molecule has 4 rings (SSSR count). The lowest BCUT2D eigenvalue weighted by Crippen LogP contribution is -2.38. The molecule has 1 saturated heterocycles. The van der Waals surface area contributed by atoms with Gasteiger partial charge >= 0.3 is 6.18 Å². The Hall–Kier alpha value is -2.51. The van der Waals surface area contributed by atoms with E-state index in [1.165, 1.54) is 18.4 Å². The summed E-state index contributed by atoms with van der Waals surface area (Å²) in [6.07, 6.45) is -0.495. The van der Waals surface area contributed by atoms with Crippen LogP contribution in [0, 0.1) is 0 Å². The maximum Gasteiger partial charge on any atom is 0.436 e. The number of nitrogens with one attached hydrogen (secondary N) is 1. The van der Waals surface area contributed by atoms with Crippen LogP contribution in [-0.4, -0.2) is 30.0 Å². The van der Waals surface area contributed by atoms with E-state index in [2.05, 4.69) is 22.4 Å². The molecule has 144 valence electrons. The van der Waals surface area contributed by atoms with Crippen LogP contribution in [0.15, 0.2) is 34.9 Å². The van der Waals surface area contributed by atoms with Crippen molar-refractivity contribution in [1.29, 1.82) is 0 Å². The molecule has 2 aromatic rings. The molecular formula is C19H20F3N3O2. The fraction of sp³-hybridized carbons (Fsp3) is 0.474. The van der Waals surface area contributed by atoms with E-state index in [4.69, 9.17) is 4.42 Å². The molecule has 27 heavy (non-hydrogen) atoms. The normalized spacial score (nSPS) is 20.1. The van der Waals surface area contributed by atoms with E-state index < -0.39 is 11.9 Å². The van der Waals surface area contributed by atoms with Crippen molar-refractivity contribution in [1.82, 2.24) is 10.3 Å². The Morgan fingerprint density at radius 3 is 2.59 bits per heavy atom. The van der Waals surface area contributed by atoms with Crippen molar-refractivity contribution >= 4 is 11.9 Å². The summed E-state index contributed by atoms with van der Waals surface area (Å²) < 4.78 is 42.8. The van der Waals surface area contributed by atoms with Crippen molar-refractivity contribution in [3.8, 4) is 0 Å². The van der Waals surface area contributed by atoms with Crippen LogP contribution < -0.4 is 10.2 Å². The molecule has 1 aliphatic heterocycles. The van der Waals surface area contributed by atoms with Gasteiger partial charge in [0.1, 0.15) is 6.26 Å². The average Bonchev–Trinajstić information content (AvgIpc) is 3.14. The summed E-state index contributed by atoms with van der Waals surface area (Å²) in [5.74, 6) is 0.592. The number of rotatable bonds is 5. The van der Waals surface area contributed by atoms with Gasteiger partial charge in [0.2, 0.25) is 5.91 Å². The lowest BCUT2D eigenvalue weighted by Gasteiger charge is -2.15. The minimum Gasteiger partial charge on any atom is -0.431 e. The third-order valence-electron chi connectivity index (χ3n) is 5.00. The Labute approximate surface area is 154 Å². The number of benzene rings is 1. The quantitative estimate of drug-likeness (QED) is 0.864. The van der Waals surface area contributed by atoms with Gasteiger partial charge in [-0.3, -0.25) is 4.79 Å². The average molecular weight is 379 g/mol. The molecule has 8 heteroatoms. The second-order valence-corrected chi connectivity index (χ2v) is 7.20. The first-order valence-corrected chi connectivity index (χ1v) is 9.04. The second kappa shape index (κ2) is 6.90. The highest BCUT2D eigenvalue weighted by Gasteiger charge is 2.36. The first-order chi connectivity index (χ1) is 12.9. The van der Waals surface area contributed by atoms with Gasteiger partial charge in [-0.2, -0.15) is 18.2 Å². The molecule has 0 spiro atoms. The summed E-state index contributed by atoms with van der Waals surface area (Å²) in [7, 11) is 0. The summed E-state index contributed by atoms with van der Waals surface area (Å²) in [6.45, 7) is 0.864. The van der Waals surface area contributed by atoms with Gasteiger partial charge in [-0.25, -0.2) is 0 Å². The Morgan fingerprint density at radius 1 is 1.22 bits per heavy atom. The van der Waals surface area contributed by atoms with Crippen LogP contribution in [0.4, 0.5) is 19.2 Å². The lowest BCUT2D eigenvalue weighted by molar-refractivity contribution is -0.141. The van der Waals surface area contributed by atoms with Gasteiger partial charge in [-0.1, -0.05) is 24.3 Å². The number of oxazole rings is 1. The van der Waals surface area contributed by atoms with Crippen molar-refractivity contribution < 1.29 is 22.4 Å². The predicted octanol–water partition coefficient (Wildman–Crippen LogP) is 3.51. The number of carbonyl (C=O) groups excluding carboxylic acids is 1. The number of amides is 1. The van der Waals surface area contributed by atoms with Crippen molar-refractivity contribution in [2.45, 2.75) is 43.8 Å². The van der Waals surface area contributed by atoms with Gasteiger partial charge in [-0.15, -0.1) is 0 Å². The molecule has 1 aromatic carbocycles. The summed E-state index contributed by atoms with van der Waals surface area (Å²) >= 11 is 0. The van der Waals surface area contributed by atoms with Crippen LogP contribution in [0.2, 0.25) is 0 Å². The summed E-state index contributed by atoms with van der Waals surface area (Å²) in [5.41, 5.74) is 1.24. The molecule has 1 amide bonds. The Kier molecular flexibility index (Phi) is 4.57. The van der Waals surface area contributed by atoms with Crippen molar-refractivity contribution in [2.24, 2.45) is 0 Å². The number of hydrogen-bond donors (Lipinski definition) is 1. The number of aromatic nitrogens is 1. The third-order valence-corrected chi connectivity index (χ3v) is 5.00. The van der Waals surface area contributed by atoms with Gasteiger partial charge in [0.15, 0.2) is 5.69 Å². The van der Waals surface area contributed by atoms with Crippen molar-refractivity contribution in [3.63, 3.8) is 0 Å². The van der Waals surface area contributed by atoms with Gasteiger partial charge in [0, 0.05) is 19.1 Å². The number of nitrogens with zero attached hydrogens (tertiary/aromatic N) is 2. The smallest absolute Gasteiger partial charge is 0.431 e. The second-order valence-electron chi connectivity index (χ2n) is 7.20. The first-order valence-electron chi connectivity index (χ1n) is 9.04. The Bertz CT molecular complexity index is 812. The molecule has 5 nitrogen and oxygen atoms in total. The molecule has 0 unspecified atom stereocenters. The van der Waals surface area contributed by atoms with Crippen molar-refractivity contribution in [3.05, 3.63) is 47.3 Å². The molecule has 1 saturated carbocycles. The van der Waals surface area contributed by atoms with Crippen LogP contribution in [-0.2, 0) is 17.4 Å². The minimum absolute atomic E-state index is 0.0604. The summed E-state index contributed by atoms with van der Waals surface area (Å²) in [4.78, 5) is 17.4. The first kappa shape index (κ1) is 17.9. The molecule has 2 aliphatic rings. The third kappa shape index (κ3) is 4.26. The topological polar surface area (TPSA) is 58.4 Å². The number of carbonyl (C=O) groups is 1. The van der Waals surface area contributed by atoms with E-state index in [0.717, 1.165) is 5.56 Å². The van der Waals surface area contributed by atoms with Gasteiger partial charge in [0.25, 0.3) is 6.01 Å². The number of alkyl halides is 3. The molecule has 1 N–H and O–H groups in total. The van der Waals surface area contributed by atoms with E-state index >= 15 is 0 Å². The molecule has 2 fully saturated rings. The van der Waals surface area contributed by atoms with E-state index in [9.17, 15) is 18.0 Å². The fourth-order valence-electron chi connectivity index (χ4n) is 3.38. The monoisotopic (exact) mass is 379 g/mol. The van der Waals surface area contributed by atoms with Crippen LogP contribution in [0.25, 0.3) is 0 Å². The molecule has 1 aromatic heterocycles. The lowest BCUT2D eigenvalue weighted by atomic mass is 10.1. The van der Waals surface area contributed by atoms with Gasteiger partial charge in [0.05, 0.1) is 6.42 Å². The molecule has 1 aliphatic carbocycles. The zero-order chi connectivity index (χ0) is 19.0. The van der Waals surface area contributed by atoms with Gasteiger partial charge < -0.3 is 14.6 Å². The molecule has 1 atom stereocenters. The van der Waals surface area contributed by atoms with Crippen LogP contribution >= 0.6 is 0 Å². The number of anilines is 1.